The summed E-state index contributed by atoms with van der Waals surface area (Å²) in [5, 5.41) is 12.7. The van der Waals surface area contributed by atoms with Crippen molar-refractivity contribution in [2.45, 2.75) is 5.03 Å². The lowest BCUT2D eigenvalue weighted by molar-refractivity contribution is 0.311. The number of anilines is 1. The molecule has 0 atom stereocenters. The third kappa shape index (κ3) is 2.65. The molecule has 0 amide bonds. The molecule has 0 saturated carbocycles. The number of nitrogens with zero attached hydrogens (tertiary/aromatic N) is 2. The van der Waals surface area contributed by atoms with E-state index in [1.807, 2.05) is 24.5 Å². The van der Waals surface area contributed by atoms with Crippen LogP contribution in [0.4, 0.5) is 5.82 Å². The summed E-state index contributed by atoms with van der Waals surface area (Å²) in [7, 11) is 1.62. The summed E-state index contributed by atoms with van der Waals surface area (Å²) in [6.45, 7) is 0.517. The first-order chi connectivity index (χ1) is 8.78. The van der Waals surface area contributed by atoms with Crippen molar-refractivity contribution >= 4 is 28.6 Å². The van der Waals surface area contributed by atoms with E-state index in [9.17, 15) is 0 Å². The molecule has 1 aromatic heterocycles. The van der Waals surface area contributed by atoms with Gasteiger partial charge in [-0.05, 0) is 18.4 Å². The minimum Gasteiger partial charge on any atom is -0.497 e. The highest BCUT2D eigenvalue weighted by atomic mass is 32.2. The Hall–Kier alpha value is -1.53. The van der Waals surface area contributed by atoms with Gasteiger partial charge in [0, 0.05) is 12.6 Å². The van der Waals surface area contributed by atoms with Gasteiger partial charge in [-0.1, -0.05) is 0 Å². The van der Waals surface area contributed by atoms with Crippen molar-refractivity contribution in [3.8, 4) is 5.75 Å². The number of hydrogen-bond donors (Lipinski definition) is 2. The minimum absolute atomic E-state index is 0.0612. The normalized spacial score (nSPS) is 10.6. The summed E-state index contributed by atoms with van der Waals surface area (Å²) in [6, 6.07) is 5.59. The van der Waals surface area contributed by atoms with Gasteiger partial charge >= 0.3 is 0 Å². The lowest BCUT2D eigenvalue weighted by Crippen LogP contribution is -2.09. The Morgan fingerprint density at radius 1 is 1.33 bits per heavy atom. The Morgan fingerprint density at radius 2 is 2.17 bits per heavy atom. The highest BCUT2D eigenvalue weighted by molar-refractivity contribution is 7.98. The molecule has 0 aliphatic rings. The van der Waals surface area contributed by atoms with Crippen molar-refractivity contribution in [2.75, 3.05) is 31.8 Å². The first-order valence-electron chi connectivity index (χ1n) is 5.53. The van der Waals surface area contributed by atoms with Crippen LogP contribution in [0.15, 0.2) is 23.2 Å². The Morgan fingerprint density at radius 3 is 2.83 bits per heavy atom. The van der Waals surface area contributed by atoms with Crippen LogP contribution in [0.3, 0.4) is 0 Å². The number of methoxy groups -OCH3 is 1. The maximum Gasteiger partial charge on any atom is 0.159 e. The molecule has 1 heterocycles. The SMILES string of the molecule is COc1ccc2nc(SC)c(NCCO)nc2c1. The predicted octanol–water partition coefficient (Wildman–Crippen LogP) is 1.76. The van der Waals surface area contributed by atoms with E-state index in [2.05, 4.69) is 15.3 Å². The molecular weight excluding hydrogens is 250 g/mol. The fraction of sp³-hybridized carbons (Fsp3) is 0.333. The first kappa shape index (κ1) is 12.9. The molecule has 0 radical (unpaired) electrons. The van der Waals surface area contributed by atoms with Crippen LogP contribution >= 0.6 is 11.8 Å². The van der Waals surface area contributed by atoms with E-state index in [0.717, 1.165) is 21.8 Å². The maximum atomic E-state index is 8.85. The van der Waals surface area contributed by atoms with Crippen LogP contribution in [0.5, 0.6) is 5.75 Å². The van der Waals surface area contributed by atoms with Crippen LogP contribution in [0.2, 0.25) is 0 Å². The largest absolute Gasteiger partial charge is 0.497 e. The number of aliphatic hydroxyl groups is 1. The zero-order valence-electron chi connectivity index (χ0n) is 10.3. The molecule has 0 unspecified atom stereocenters. The number of hydrogen-bond acceptors (Lipinski definition) is 6. The number of aliphatic hydroxyl groups excluding tert-OH is 1. The molecule has 1 aromatic carbocycles. The van der Waals surface area contributed by atoms with Gasteiger partial charge in [-0.3, -0.25) is 0 Å². The molecule has 0 saturated heterocycles. The molecule has 2 aromatic rings. The molecule has 96 valence electrons. The van der Waals surface area contributed by atoms with Crippen molar-refractivity contribution < 1.29 is 9.84 Å². The first-order valence-corrected chi connectivity index (χ1v) is 6.75. The molecule has 0 aliphatic heterocycles. The highest BCUT2D eigenvalue weighted by Gasteiger charge is 2.08. The molecule has 2 rings (SSSR count). The molecule has 18 heavy (non-hydrogen) atoms. The van der Waals surface area contributed by atoms with Crippen molar-refractivity contribution in [3.05, 3.63) is 18.2 Å². The average molecular weight is 265 g/mol. The third-order valence-corrected chi connectivity index (χ3v) is 3.11. The number of thioether (sulfide) groups is 1. The zero-order chi connectivity index (χ0) is 13.0. The van der Waals surface area contributed by atoms with Crippen molar-refractivity contribution in [3.63, 3.8) is 0 Å². The van der Waals surface area contributed by atoms with E-state index < -0.39 is 0 Å². The van der Waals surface area contributed by atoms with Gasteiger partial charge in [0.1, 0.15) is 10.8 Å². The number of benzene rings is 1. The van der Waals surface area contributed by atoms with Crippen molar-refractivity contribution in [2.24, 2.45) is 0 Å². The van der Waals surface area contributed by atoms with Gasteiger partial charge in [-0.2, -0.15) is 0 Å². The lowest BCUT2D eigenvalue weighted by atomic mass is 10.3. The van der Waals surface area contributed by atoms with E-state index in [1.165, 1.54) is 11.8 Å². The Balaban J connectivity index is 2.47. The molecule has 0 spiro atoms. The van der Waals surface area contributed by atoms with E-state index >= 15 is 0 Å². The summed E-state index contributed by atoms with van der Waals surface area (Å²) in [4.78, 5) is 9.03. The molecule has 0 fully saturated rings. The number of rotatable bonds is 5. The van der Waals surface area contributed by atoms with Crippen LogP contribution in [-0.2, 0) is 0 Å². The molecule has 6 heteroatoms. The summed E-state index contributed by atoms with van der Waals surface area (Å²) in [5.41, 5.74) is 1.60. The lowest BCUT2D eigenvalue weighted by Gasteiger charge is -2.09. The van der Waals surface area contributed by atoms with Gasteiger partial charge in [0.25, 0.3) is 0 Å². The van der Waals surface area contributed by atoms with Crippen LogP contribution in [0.1, 0.15) is 0 Å². The molecule has 5 nitrogen and oxygen atoms in total. The van der Waals surface area contributed by atoms with Gasteiger partial charge in [-0.15, -0.1) is 11.8 Å². The zero-order valence-corrected chi connectivity index (χ0v) is 11.1. The number of nitrogens with one attached hydrogen (secondary N) is 1. The quantitative estimate of drug-likeness (QED) is 0.803. The molecular formula is C12H15N3O2S. The summed E-state index contributed by atoms with van der Waals surface area (Å²) < 4.78 is 5.17. The monoisotopic (exact) mass is 265 g/mol. The fourth-order valence-corrected chi connectivity index (χ4v) is 2.08. The molecule has 2 N–H and O–H groups in total. The highest BCUT2D eigenvalue weighted by Crippen LogP contribution is 2.26. The van der Waals surface area contributed by atoms with E-state index in [-0.39, 0.29) is 6.61 Å². The van der Waals surface area contributed by atoms with Crippen LogP contribution in [-0.4, -0.2) is 41.6 Å². The van der Waals surface area contributed by atoms with Gasteiger partial charge in [0.2, 0.25) is 0 Å². The number of fused-ring (bicyclic) bond motifs is 1. The van der Waals surface area contributed by atoms with Crippen LogP contribution in [0, 0.1) is 0 Å². The van der Waals surface area contributed by atoms with Gasteiger partial charge in [0.05, 0.1) is 24.8 Å². The van der Waals surface area contributed by atoms with Crippen molar-refractivity contribution in [1.82, 2.24) is 9.97 Å². The third-order valence-electron chi connectivity index (χ3n) is 2.44. The maximum absolute atomic E-state index is 8.85. The predicted molar refractivity (Wildman–Crippen MR) is 73.4 cm³/mol. The van der Waals surface area contributed by atoms with Crippen molar-refractivity contribution in [1.29, 1.82) is 0 Å². The second kappa shape index (κ2) is 5.88. The smallest absolute Gasteiger partial charge is 0.159 e. The number of ether oxygens (including phenoxy) is 1. The van der Waals surface area contributed by atoms with Crippen LogP contribution in [0.25, 0.3) is 11.0 Å². The van der Waals surface area contributed by atoms with Gasteiger partial charge < -0.3 is 15.2 Å². The Labute approximate surface area is 110 Å². The Kier molecular flexibility index (Phi) is 4.22. The molecule has 0 aliphatic carbocycles. The van der Waals surface area contributed by atoms with Gasteiger partial charge in [-0.25, -0.2) is 9.97 Å². The average Bonchev–Trinajstić information content (AvgIpc) is 2.43. The molecule has 0 bridgehead atoms. The second-order valence-electron chi connectivity index (χ2n) is 3.59. The number of aromatic nitrogens is 2. The van der Waals surface area contributed by atoms with E-state index in [0.29, 0.717) is 12.4 Å². The fourth-order valence-electron chi connectivity index (χ4n) is 1.58. The van der Waals surface area contributed by atoms with Gasteiger partial charge in [0.15, 0.2) is 5.82 Å². The topological polar surface area (TPSA) is 67.3 Å². The second-order valence-corrected chi connectivity index (χ2v) is 4.38. The standard InChI is InChI=1S/C12H15N3O2S/c1-17-8-3-4-9-10(7-8)14-11(13-5-6-16)12(15-9)18-2/h3-4,7,16H,5-6H2,1-2H3,(H,13,14). The van der Waals surface area contributed by atoms with E-state index in [4.69, 9.17) is 9.84 Å². The Bertz CT molecular complexity index is 548. The summed E-state index contributed by atoms with van der Waals surface area (Å²) in [5.74, 6) is 1.44. The van der Waals surface area contributed by atoms with E-state index in [1.54, 1.807) is 7.11 Å². The minimum atomic E-state index is 0.0612. The summed E-state index contributed by atoms with van der Waals surface area (Å²) in [6.07, 6.45) is 1.95. The van der Waals surface area contributed by atoms with Crippen LogP contribution < -0.4 is 10.1 Å². The summed E-state index contributed by atoms with van der Waals surface area (Å²) >= 11 is 1.52.